The minimum atomic E-state index is -3.47. The van der Waals surface area contributed by atoms with Crippen molar-refractivity contribution < 1.29 is 8.42 Å². The zero-order chi connectivity index (χ0) is 16.7. The van der Waals surface area contributed by atoms with E-state index in [0.717, 1.165) is 17.0 Å². The number of rotatable bonds is 5. The van der Waals surface area contributed by atoms with E-state index in [9.17, 15) is 8.42 Å². The molecular weight excluding hydrogens is 374 g/mol. The summed E-state index contributed by atoms with van der Waals surface area (Å²) in [6.07, 6.45) is 4.98. The molecular formula is C12H12ClN7O2S2. The van der Waals surface area contributed by atoms with Gasteiger partial charge >= 0.3 is 0 Å². The number of aromatic nitrogens is 6. The van der Waals surface area contributed by atoms with Gasteiger partial charge in [0.05, 0.1) is 29.0 Å². The summed E-state index contributed by atoms with van der Waals surface area (Å²) in [4.78, 5) is 1.51. The van der Waals surface area contributed by atoms with Gasteiger partial charge in [-0.05, 0) is 12.1 Å². The van der Waals surface area contributed by atoms with E-state index in [0.29, 0.717) is 24.0 Å². The largest absolute Gasteiger partial charge is 0.252 e. The molecule has 0 N–H and O–H groups in total. The first-order valence-corrected chi connectivity index (χ1v) is 9.66. The van der Waals surface area contributed by atoms with Gasteiger partial charge in [-0.3, -0.25) is 0 Å². The van der Waals surface area contributed by atoms with Crippen LogP contribution in [0.4, 0.5) is 0 Å². The highest BCUT2D eigenvalue weighted by Crippen LogP contribution is 2.32. The van der Waals surface area contributed by atoms with Crippen LogP contribution in [0.25, 0.3) is 0 Å². The third-order valence-electron chi connectivity index (χ3n) is 3.67. The van der Waals surface area contributed by atoms with Crippen molar-refractivity contribution in [2.24, 2.45) is 0 Å². The van der Waals surface area contributed by atoms with Gasteiger partial charge in [0.2, 0.25) is 0 Å². The Morgan fingerprint density at radius 3 is 2.67 bits per heavy atom. The number of hydrogen-bond donors (Lipinski definition) is 0. The maximum Gasteiger partial charge on any atom is 0.252 e. The molecule has 0 unspecified atom stereocenters. The Kier molecular flexibility index (Phi) is 3.87. The van der Waals surface area contributed by atoms with E-state index in [-0.39, 0.29) is 10.3 Å². The van der Waals surface area contributed by atoms with Crippen molar-refractivity contribution in [2.75, 3.05) is 13.1 Å². The third-order valence-corrected chi connectivity index (χ3v) is 7.20. The van der Waals surface area contributed by atoms with Gasteiger partial charge in [-0.15, -0.1) is 16.4 Å². The quantitative estimate of drug-likeness (QED) is 0.646. The first-order valence-electron chi connectivity index (χ1n) is 7.03. The molecule has 0 aliphatic carbocycles. The van der Waals surface area contributed by atoms with E-state index in [4.69, 9.17) is 11.6 Å². The standard InChI is InChI=1S/C12H12ClN7O2S2/c13-11-1-2-12(23-11)24(21,22)18-7-10(8-18)19-5-9(16-17-19)6-20-14-3-4-15-20/h1-5,10H,6-8H2. The maximum absolute atomic E-state index is 12.4. The highest BCUT2D eigenvalue weighted by Gasteiger charge is 2.39. The zero-order valence-electron chi connectivity index (χ0n) is 12.2. The van der Waals surface area contributed by atoms with E-state index in [2.05, 4.69) is 20.5 Å². The topological polar surface area (TPSA) is 98.8 Å². The van der Waals surface area contributed by atoms with Gasteiger partial charge in [-0.25, -0.2) is 13.1 Å². The molecule has 0 aromatic carbocycles. The van der Waals surface area contributed by atoms with Crippen LogP contribution in [0.15, 0.2) is 34.9 Å². The minimum Gasteiger partial charge on any atom is -0.246 e. The van der Waals surface area contributed by atoms with E-state index < -0.39 is 10.0 Å². The molecule has 1 aliphatic heterocycles. The van der Waals surface area contributed by atoms with Crippen LogP contribution in [0.3, 0.4) is 0 Å². The Balaban J connectivity index is 1.41. The van der Waals surface area contributed by atoms with Crippen LogP contribution in [-0.2, 0) is 16.6 Å². The van der Waals surface area contributed by atoms with Crippen molar-refractivity contribution in [3.8, 4) is 0 Å². The number of nitrogens with zero attached hydrogens (tertiary/aromatic N) is 7. The van der Waals surface area contributed by atoms with E-state index in [1.54, 1.807) is 29.3 Å². The SMILES string of the molecule is O=S(=O)(c1ccc(Cl)s1)N1CC(n2cc(Cn3nccn3)nn2)C1. The smallest absolute Gasteiger partial charge is 0.246 e. The summed E-state index contributed by atoms with van der Waals surface area (Å²) in [5.41, 5.74) is 0.720. The molecule has 1 fully saturated rings. The summed E-state index contributed by atoms with van der Waals surface area (Å²) in [5.74, 6) is 0. The van der Waals surface area contributed by atoms with Crippen molar-refractivity contribution in [1.29, 1.82) is 0 Å². The summed E-state index contributed by atoms with van der Waals surface area (Å²) in [5, 5.41) is 16.2. The summed E-state index contributed by atoms with van der Waals surface area (Å²) in [6.45, 7) is 1.15. The lowest BCUT2D eigenvalue weighted by Crippen LogP contribution is -2.50. The molecule has 0 spiro atoms. The Morgan fingerprint density at radius 1 is 1.25 bits per heavy atom. The van der Waals surface area contributed by atoms with E-state index >= 15 is 0 Å². The average molecular weight is 386 g/mol. The van der Waals surface area contributed by atoms with Gasteiger partial charge in [0, 0.05) is 13.1 Å². The fourth-order valence-corrected chi connectivity index (χ4v) is 5.53. The normalized spacial score (nSPS) is 16.4. The molecule has 12 heteroatoms. The van der Waals surface area contributed by atoms with E-state index in [1.165, 1.54) is 15.2 Å². The van der Waals surface area contributed by atoms with Crippen LogP contribution >= 0.6 is 22.9 Å². The van der Waals surface area contributed by atoms with Gasteiger partial charge < -0.3 is 0 Å². The van der Waals surface area contributed by atoms with Crippen molar-refractivity contribution in [3.63, 3.8) is 0 Å². The lowest BCUT2D eigenvalue weighted by atomic mass is 10.2. The molecule has 0 saturated carbocycles. The second-order valence-corrected chi connectivity index (χ2v) is 9.16. The van der Waals surface area contributed by atoms with Crippen molar-refractivity contribution in [3.05, 3.63) is 40.8 Å². The summed E-state index contributed by atoms with van der Waals surface area (Å²) in [7, 11) is -3.47. The molecule has 24 heavy (non-hydrogen) atoms. The van der Waals surface area contributed by atoms with Crippen LogP contribution in [0, 0.1) is 0 Å². The van der Waals surface area contributed by atoms with Gasteiger partial charge in [0.25, 0.3) is 10.0 Å². The summed E-state index contributed by atoms with van der Waals surface area (Å²) < 4.78 is 28.7. The first kappa shape index (κ1) is 15.7. The average Bonchev–Trinajstić information content (AvgIpc) is 3.20. The number of hydrogen-bond acceptors (Lipinski definition) is 7. The Bertz CT molecular complexity index is 944. The fourth-order valence-electron chi connectivity index (χ4n) is 2.38. The highest BCUT2D eigenvalue weighted by atomic mass is 35.5. The predicted octanol–water partition coefficient (Wildman–Crippen LogP) is 0.878. The second-order valence-electron chi connectivity index (χ2n) is 5.28. The first-order chi connectivity index (χ1) is 11.5. The third kappa shape index (κ3) is 2.83. The predicted molar refractivity (Wildman–Crippen MR) is 86.3 cm³/mol. The Labute approximate surface area is 146 Å². The molecule has 126 valence electrons. The number of thiophene rings is 1. The molecule has 4 rings (SSSR count). The molecule has 0 bridgehead atoms. The summed E-state index contributed by atoms with van der Waals surface area (Å²) >= 11 is 6.88. The van der Waals surface area contributed by atoms with Crippen LogP contribution in [0.2, 0.25) is 4.34 Å². The van der Waals surface area contributed by atoms with Gasteiger partial charge in [0.15, 0.2) is 0 Å². The molecule has 3 aromatic rings. The van der Waals surface area contributed by atoms with Gasteiger partial charge in [0.1, 0.15) is 16.4 Å². The maximum atomic E-state index is 12.4. The van der Waals surface area contributed by atoms with Crippen molar-refractivity contribution in [2.45, 2.75) is 16.8 Å². The summed E-state index contributed by atoms with van der Waals surface area (Å²) in [6, 6.07) is 3.09. The molecule has 4 heterocycles. The molecule has 1 saturated heterocycles. The molecule has 9 nitrogen and oxygen atoms in total. The monoisotopic (exact) mass is 385 g/mol. The molecule has 1 aliphatic rings. The molecule has 0 atom stereocenters. The lowest BCUT2D eigenvalue weighted by molar-refractivity contribution is 0.189. The van der Waals surface area contributed by atoms with Crippen LogP contribution < -0.4 is 0 Å². The Morgan fingerprint density at radius 2 is 2.00 bits per heavy atom. The van der Waals surface area contributed by atoms with Crippen molar-refractivity contribution in [1.82, 2.24) is 34.3 Å². The molecule has 0 amide bonds. The zero-order valence-corrected chi connectivity index (χ0v) is 14.6. The number of sulfonamides is 1. The van der Waals surface area contributed by atoms with Gasteiger partial charge in [-0.2, -0.15) is 19.3 Å². The fraction of sp³-hybridized carbons (Fsp3) is 0.333. The van der Waals surface area contributed by atoms with Crippen LogP contribution in [0.5, 0.6) is 0 Å². The van der Waals surface area contributed by atoms with Gasteiger partial charge in [-0.1, -0.05) is 16.8 Å². The number of halogens is 1. The van der Waals surface area contributed by atoms with E-state index in [1.807, 2.05) is 0 Å². The molecule has 0 radical (unpaired) electrons. The van der Waals surface area contributed by atoms with Crippen LogP contribution in [0.1, 0.15) is 11.7 Å². The second kappa shape index (κ2) is 5.92. The van der Waals surface area contributed by atoms with Crippen LogP contribution in [-0.4, -0.2) is 55.8 Å². The molecule has 3 aromatic heterocycles. The van der Waals surface area contributed by atoms with Crippen molar-refractivity contribution >= 4 is 33.0 Å². The highest BCUT2D eigenvalue weighted by molar-refractivity contribution is 7.91. The minimum absolute atomic E-state index is 0.0259. The Hall–Kier alpha value is -1.82. The lowest BCUT2D eigenvalue weighted by Gasteiger charge is -2.37.